The maximum absolute atomic E-state index is 13.1. The minimum atomic E-state index is -0.963. The number of ether oxygens (including phenoxy) is 1. The molecule has 110 valence electrons. The van der Waals surface area contributed by atoms with Crippen molar-refractivity contribution in [3.63, 3.8) is 0 Å². The SMILES string of the molecule is CCCCOCCNC(=O)c1ccc(F)c([N+](=O)[O-])c1. The van der Waals surface area contributed by atoms with Crippen LogP contribution in [-0.2, 0) is 4.74 Å². The van der Waals surface area contributed by atoms with Gasteiger partial charge in [-0.3, -0.25) is 14.9 Å². The highest BCUT2D eigenvalue weighted by atomic mass is 19.1. The normalized spacial score (nSPS) is 10.3. The number of nitro groups is 1. The summed E-state index contributed by atoms with van der Waals surface area (Å²) in [4.78, 5) is 21.4. The number of nitro benzene ring substituents is 1. The summed E-state index contributed by atoms with van der Waals surface area (Å²) in [5, 5.41) is 13.1. The molecular weight excluding hydrogens is 267 g/mol. The van der Waals surface area contributed by atoms with Crippen molar-refractivity contribution < 1.29 is 18.8 Å². The molecule has 0 aliphatic carbocycles. The van der Waals surface area contributed by atoms with E-state index in [0.29, 0.717) is 19.8 Å². The van der Waals surface area contributed by atoms with Gasteiger partial charge in [0.25, 0.3) is 5.91 Å². The van der Waals surface area contributed by atoms with Crippen LogP contribution in [0.15, 0.2) is 18.2 Å². The number of carbonyl (C=O) groups is 1. The van der Waals surface area contributed by atoms with Crippen molar-refractivity contribution in [3.05, 3.63) is 39.7 Å². The maximum atomic E-state index is 13.1. The third-order valence-electron chi connectivity index (χ3n) is 2.58. The molecule has 1 N–H and O–H groups in total. The first-order valence-electron chi connectivity index (χ1n) is 6.36. The van der Waals surface area contributed by atoms with Crippen LogP contribution >= 0.6 is 0 Å². The fourth-order valence-corrected chi connectivity index (χ4v) is 1.48. The molecular formula is C13H17FN2O4. The molecule has 0 bridgehead atoms. The molecule has 1 aromatic carbocycles. The molecule has 7 heteroatoms. The Morgan fingerprint density at radius 2 is 2.20 bits per heavy atom. The average molecular weight is 284 g/mol. The van der Waals surface area contributed by atoms with Gasteiger partial charge in [0.1, 0.15) is 0 Å². The summed E-state index contributed by atoms with van der Waals surface area (Å²) >= 11 is 0. The Labute approximate surface area is 116 Å². The van der Waals surface area contributed by atoms with E-state index < -0.39 is 22.3 Å². The Morgan fingerprint density at radius 3 is 2.85 bits per heavy atom. The zero-order chi connectivity index (χ0) is 15.0. The van der Waals surface area contributed by atoms with E-state index in [1.165, 1.54) is 6.07 Å². The van der Waals surface area contributed by atoms with Crippen molar-refractivity contribution in [2.45, 2.75) is 19.8 Å². The lowest BCUT2D eigenvalue weighted by Crippen LogP contribution is -2.27. The number of rotatable bonds is 8. The first-order valence-corrected chi connectivity index (χ1v) is 6.36. The van der Waals surface area contributed by atoms with Crippen LogP contribution in [0.1, 0.15) is 30.1 Å². The number of benzene rings is 1. The van der Waals surface area contributed by atoms with Crippen LogP contribution in [0.4, 0.5) is 10.1 Å². The smallest absolute Gasteiger partial charge is 0.305 e. The van der Waals surface area contributed by atoms with E-state index >= 15 is 0 Å². The lowest BCUT2D eigenvalue weighted by Gasteiger charge is -2.06. The fraction of sp³-hybridized carbons (Fsp3) is 0.462. The minimum Gasteiger partial charge on any atom is -0.380 e. The van der Waals surface area contributed by atoms with Crippen LogP contribution in [0.25, 0.3) is 0 Å². The maximum Gasteiger partial charge on any atom is 0.305 e. The van der Waals surface area contributed by atoms with Gasteiger partial charge in [0, 0.05) is 24.8 Å². The second-order valence-electron chi connectivity index (χ2n) is 4.15. The van der Waals surface area contributed by atoms with E-state index in [1.807, 2.05) is 6.92 Å². The van der Waals surface area contributed by atoms with Crippen molar-refractivity contribution in [2.75, 3.05) is 19.8 Å². The molecule has 20 heavy (non-hydrogen) atoms. The van der Waals surface area contributed by atoms with Crippen molar-refractivity contribution >= 4 is 11.6 Å². The molecule has 1 rings (SSSR count). The molecule has 0 aliphatic rings. The van der Waals surface area contributed by atoms with Crippen LogP contribution in [0.2, 0.25) is 0 Å². The van der Waals surface area contributed by atoms with E-state index in [9.17, 15) is 19.3 Å². The Hall–Kier alpha value is -2.02. The standard InChI is InChI=1S/C13H17FN2O4/c1-2-3-7-20-8-6-15-13(17)10-4-5-11(14)12(9-10)16(18)19/h4-5,9H,2-3,6-8H2,1H3,(H,15,17). The van der Waals surface area contributed by atoms with Gasteiger partial charge in [0.15, 0.2) is 0 Å². The summed E-state index contributed by atoms with van der Waals surface area (Å²) in [5.41, 5.74) is -0.663. The number of hydrogen-bond acceptors (Lipinski definition) is 4. The zero-order valence-corrected chi connectivity index (χ0v) is 11.2. The van der Waals surface area contributed by atoms with Crippen LogP contribution in [0.5, 0.6) is 0 Å². The average Bonchev–Trinajstić information content (AvgIpc) is 2.42. The van der Waals surface area contributed by atoms with Crippen molar-refractivity contribution in [3.8, 4) is 0 Å². The van der Waals surface area contributed by atoms with Crippen molar-refractivity contribution in [1.29, 1.82) is 0 Å². The van der Waals surface area contributed by atoms with E-state index in [0.717, 1.165) is 25.0 Å². The summed E-state index contributed by atoms with van der Waals surface area (Å²) in [7, 11) is 0. The molecule has 0 heterocycles. The number of nitrogens with one attached hydrogen (secondary N) is 1. The van der Waals surface area contributed by atoms with Gasteiger partial charge >= 0.3 is 5.69 Å². The zero-order valence-electron chi connectivity index (χ0n) is 11.2. The molecule has 0 fully saturated rings. The monoisotopic (exact) mass is 284 g/mol. The molecule has 1 amide bonds. The molecule has 1 aromatic rings. The van der Waals surface area contributed by atoms with Gasteiger partial charge < -0.3 is 10.1 Å². The van der Waals surface area contributed by atoms with Gasteiger partial charge in [-0.05, 0) is 18.6 Å². The minimum absolute atomic E-state index is 0.0478. The van der Waals surface area contributed by atoms with Gasteiger partial charge in [0.05, 0.1) is 11.5 Å². The van der Waals surface area contributed by atoms with E-state index in [4.69, 9.17) is 4.74 Å². The first-order chi connectivity index (χ1) is 9.56. The van der Waals surface area contributed by atoms with Gasteiger partial charge in [-0.2, -0.15) is 4.39 Å². The second-order valence-corrected chi connectivity index (χ2v) is 4.15. The highest BCUT2D eigenvalue weighted by Gasteiger charge is 2.17. The third-order valence-corrected chi connectivity index (χ3v) is 2.58. The molecule has 0 atom stereocenters. The summed E-state index contributed by atoms with van der Waals surface area (Å²) in [6.07, 6.45) is 1.99. The Bertz CT molecular complexity index is 479. The molecule has 0 spiro atoms. The first kappa shape index (κ1) is 16.0. The largest absolute Gasteiger partial charge is 0.380 e. The Balaban J connectivity index is 2.47. The van der Waals surface area contributed by atoms with Crippen LogP contribution < -0.4 is 5.32 Å². The lowest BCUT2D eigenvalue weighted by atomic mass is 10.2. The summed E-state index contributed by atoms with van der Waals surface area (Å²) < 4.78 is 18.4. The van der Waals surface area contributed by atoms with Crippen LogP contribution in [-0.4, -0.2) is 30.6 Å². The summed E-state index contributed by atoms with van der Waals surface area (Å²) in [5.74, 6) is -1.46. The predicted molar refractivity (Wildman–Crippen MR) is 71.1 cm³/mol. The number of unbranched alkanes of at least 4 members (excludes halogenated alkanes) is 1. The van der Waals surface area contributed by atoms with E-state index in [2.05, 4.69) is 5.32 Å². The van der Waals surface area contributed by atoms with Gasteiger partial charge in [-0.25, -0.2) is 0 Å². The van der Waals surface area contributed by atoms with Crippen LogP contribution in [0.3, 0.4) is 0 Å². The number of carbonyl (C=O) groups excluding carboxylic acids is 1. The van der Waals surface area contributed by atoms with Gasteiger partial charge in [-0.1, -0.05) is 13.3 Å². The van der Waals surface area contributed by atoms with Gasteiger partial charge in [-0.15, -0.1) is 0 Å². The quantitative estimate of drug-likeness (QED) is 0.451. The number of amides is 1. The topological polar surface area (TPSA) is 81.5 Å². The fourth-order valence-electron chi connectivity index (χ4n) is 1.48. The molecule has 0 saturated carbocycles. The third kappa shape index (κ3) is 4.93. The highest BCUT2D eigenvalue weighted by molar-refractivity contribution is 5.94. The second kappa shape index (κ2) is 8.21. The van der Waals surface area contributed by atoms with Gasteiger partial charge in [0.2, 0.25) is 5.82 Å². The Morgan fingerprint density at radius 1 is 1.45 bits per heavy atom. The van der Waals surface area contributed by atoms with Crippen LogP contribution in [0, 0.1) is 15.9 Å². The molecule has 0 aliphatic heterocycles. The predicted octanol–water partition coefficient (Wildman–Crippen LogP) is 2.28. The Kier molecular flexibility index (Phi) is 6.58. The molecule has 0 radical (unpaired) electrons. The summed E-state index contributed by atoms with van der Waals surface area (Å²) in [6.45, 7) is 3.35. The van der Waals surface area contributed by atoms with E-state index in [1.54, 1.807) is 0 Å². The van der Waals surface area contributed by atoms with Crippen molar-refractivity contribution in [1.82, 2.24) is 5.32 Å². The van der Waals surface area contributed by atoms with E-state index in [-0.39, 0.29) is 5.56 Å². The molecule has 0 saturated heterocycles. The molecule has 6 nitrogen and oxygen atoms in total. The number of halogens is 1. The summed E-state index contributed by atoms with van der Waals surface area (Å²) in [6, 6.07) is 3.03. The molecule has 0 aromatic heterocycles. The number of hydrogen-bond donors (Lipinski definition) is 1. The number of nitrogens with zero attached hydrogens (tertiary/aromatic N) is 1. The molecule has 0 unspecified atom stereocenters. The van der Waals surface area contributed by atoms with Crippen molar-refractivity contribution in [2.24, 2.45) is 0 Å². The highest BCUT2D eigenvalue weighted by Crippen LogP contribution is 2.18. The lowest BCUT2D eigenvalue weighted by molar-refractivity contribution is -0.387.